The molecular weight excluding hydrogens is 664 g/mol. The van der Waals surface area contributed by atoms with Gasteiger partial charge in [-0.2, -0.15) is 15.2 Å². The first kappa shape index (κ1) is 31.4. The van der Waals surface area contributed by atoms with Crippen molar-refractivity contribution in [1.29, 1.82) is 5.26 Å². The van der Waals surface area contributed by atoms with Crippen LogP contribution < -0.4 is 20.7 Å². The highest BCUT2D eigenvalue weighted by atomic mass is 35.5. The molecule has 0 amide bonds. The summed E-state index contributed by atoms with van der Waals surface area (Å²) in [5.41, 5.74) is 7.73. The predicted molar refractivity (Wildman–Crippen MR) is 190 cm³/mol. The maximum atomic E-state index is 17.2. The number of nitrogens with two attached hydrogens (primary N) is 1. The number of rotatable bonds is 6. The minimum Gasteiger partial charge on any atom is -0.461 e. The molecule has 3 atom stereocenters. The van der Waals surface area contributed by atoms with E-state index in [1.165, 1.54) is 37.0 Å². The molecule has 2 aromatic heterocycles. The van der Waals surface area contributed by atoms with Crippen molar-refractivity contribution in [2.45, 2.75) is 74.9 Å². The topological polar surface area (TPSA) is 103 Å². The fraction of sp³-hybridized carbons (Fsp3) is 0.486. The van der Waals surface area contributed by atoms with Crippen LogP contribution in [0.3, 0.4) is 0 Å². The van der Waals surface area contributed by atoms with E-state index in [9.17, 15) is 9.65 Å². The lowest BCUT2D eigenvalue weighted by Gasteiger charge is -2.45. The van der Waals surface area contributed by atoms with Crippen molar-refractivity contribution in [3.63, 3.8) is 0 Å². The van der Waals surface area contributed by atoms with Crippen LogP contribution in [0.2, 0.25) is 5.02 Å². The van der Waals surface area contributed by atoms with Gasteiger partial charge in [-0.05, 0) is 80.7 Å². The Morgan fingerprint density at radius 3 is 2.88 bits per heavy atom. The number of piperazine rings is 1. The number of aromatic nitrogens is 2. The second-order valence-electron chi connectivity index (χ2n) is 14.8. The van der Waals surface area contributed by atoms with E-state index in [1.54, 1.807) is 12.1 Å². The van der Waals surface area contributed by atoms with E-state index in [0.717, 1.165) is 61.9 Å². The van der Waals surface area contributed by atoms with Crippen LogP contribution in [0.1, 0.15) is 63.4 Å². The summed E-state index contributed by atoms with van der Waals surface area (Å²) in [6, 6.07) is 9.85. The Morgan fingerprint density at radius 2 is 2.06 bits per heavy atom. The molecule has 0 spiro atoms. The van der Waals surface area contributed by atoms with Crippen LogP contribution in [0.15, 0.2) is 36.2 Å². The molecular formula is C37H38ClF2N7OS. The molecule has 1 aliphatic carbocycles. The van der Waals surface area contributed by atoms with Gasteiger partial charge in [0.1, 0.15) is 29.0 Å². The van der Waals surface area contributed by atoms with Gasteiger partial charge in [-0.1, -0.05) is 36.6 Å². The van der Waals surface area contributed by atoms with E-state index in [2.05, 4.69) is 21.2 Å². The molecule has 4 saturated heterocycles. The van der Waals surface area contributed by atoms with Crippen molar-refractivity contribution in [1.82, 2.24) is 20.2 Å². The highest BCUT2D eigenvalue weighted by Gasteiger charge is 2.51. The van der Waals surface area contributed by atoms with Gasteiger partial charge in [-0.15, -0.1) is 11.3 Å². The summed E-state index contributed by atoms with van der Waals surface area (Å²) in [6.07, 6.45) is 10.4. The summed E-state index contributed by atoms with van der Waals surface area (Å²) < 4.78 is 38.1. The minimum atomic E-state index is -0.593. The lowest BCUT2D eigenvalue weighted by Crippen LogP contribution is -2.62. The first-order valence-electron chi connectivity index (χ1n) is 17.4. The van der Waals surface area contributed by atoms with Gasteiger partial charge >= 0.3 is 6.01 Å². The Morgan fingerprint density at radius 1 is 1.20 bits per heavy atom. The number of hydrogen-bond donors (Lipinski definition) is 2. The van der Waals surface area contributed by atoms with E-state index in [-0.39, 0.29) is 39.8 Å². The third kappa shape index (κ3) is 4.93. The van der Waals surface area contributed by atoms with Gasteiger partial charge in [-0.3, -0.25) is 4.90 Å². The highest BCUT2D eigenvalue weighted by Crippen LogP contribution is 2.48. The average Bonchev–Trinajstić information content (AvgIpc) is 3.92. The molecule has 49 heavy (non-hydrogen) atoms. The molecule has 8 nitrogen and oxygen atoms in total. The SMILES string of the molecule is N#Cc1c(N)sc2cccc(-c3c(Cl)cc4c(N5C[C@@H]6CC[C@](C7CCCC7)(C5)N6)nc(OC[C@@]56CCCN5C/C(=C\F)C6)nc4c3F)c12. The fourth-order valence-electron chi connectivity index (χ4n) is 9.86. The van der Waals surface area contributed by atoms with Gasteiger partial charge in [0.15, 0.2) is 5.82 Å². The highest BCUT2D eigenvalue weighted by molar-refractivity contribution is 7.23. The Balaban J connectivity index is 1.19. The molecule has 1 saturated carbocycles. The summed E-state index contributed by atoms with van der Waals surface area (Å²) in [4.78, 5) is 14.4. The number of nitriles is 1. The Labute approximate surface area is 292 Å². The number of nitrogens with zero attached hydrogens (tertiary/aromatic N) is 5. The first-order chi connectivity index (χ1) is 23.8. The number of thiophene rings is 1. The zero-order chi connectivity index (χ0) is 33.5. The van der Waals surface area contributed by atoms with E-state index < -0.39 is 5.82 Å². The normalized spacial score (nSPS) is 27.9. The average molecular weight is 702 g/mol. The number of halogens is 3. The maximum Gasteiger partial charge on any atom is 0.319 e. The van der Waals surface area contributed by atoms with Crippen LogP contribution in [-0.2, 0) is 0 Å². The molecule has 0 radical (unpaired) electrons. The number of benzene rings is 2. The predicted octanol–water partition coefficient (Wildman–Crippen LogP) is 7.73. The van der Waals surface area contributed by atoms with Crippen molar-refractivity contribution in [2.24, 2.45) is 5.92 Å². The standard InChI is InChI=1S/C37H38ClF2N7OS/c38-27-13-25-32(31(40)30(27)24-7-3-8-28-29(24)26(16-41)33(42)49-28)43-35(48-20-36-10-4-12-47(36)17-21(14-36)15-39)44-34(25)46-18-23-9-11-37(19-46,45-23)22-5-1-2-6-22/h3,7-8,13,15,22-23,45H,1-2,4-6,9-12,14,17-20,42H2/b21-15-/t23-,36-,37+/m0/s1. The molecule has 5 aliphatic rings. The van der Waals surface area contributed by atoms with Gasteiger partial charge < -0.3 is 20.7 Å². The van der Waals surface area contributed by atoms with Crippen molar-refractivity contribution in [3.8, 4) is 23.2 Å². The van der Waals surface area contributed by atoms with Crippen molar-refractivity contribution in [3.05, 3.63) is 52.6 Å². The number of fused-ring (bicyclic) bond motifs is 5. The van der Waals surface area contributed by atoms with Crippen LogP contribution in [0, 0.1) is 23.1 Å². The van der Waals surface area contributed by atoms with Gasteiger partial charge in [0.05, 0.1) is 22.5 Å². The summed E-state index contributed by atoms with van der Waals surface area (Å²) >= 11 is 8.32. The summed E-state index contributed by atoms with van der Waals surface area (Å²) in [5, 5.41) is 15.7. The molecule has 4 aliphatic heterocycles. The zero-order valence-corrected chi connectivity index (χ0v) is 28.8. The van der Waals surface area contributed by atoms with Gasteiger partial charge in [0, 0.05) is 52.3 Å². The Kier molecular flexibility index (Phi) is 7.54. The molecule has 6 heterocycles. The maximum absolute atomic E-state index is 17.2. The Hall–Kier alpha value is -3.56. The molecule has 2 aromatic carbocycles. The van der Waals surface area contributed by atoms with Crippen molar-refractivity contribution < 1.29 is 13.5 Å². The molecule has 254 valence electrons. The largest absolute Gasteiger partial charge is 0.461 e. The van der Waals surface area contributed by atoms with Crippen molar-refractivity contribution >= 4 is 54.7 Å². The lowest BCUT2D eigenvalue weighted by molar-refractivity contribution is 0.108. The smallest absolute Gasteiger partial charge is 0.319 e. The Bertz CT molecular complexity index is 2080. The molecule has 4 aromatic rings. The first-order valence-corrected chi connectivity index (χ1v) is 18.6. The second kappa shape index (κ2) is 11.8. The lowest BCUT2D eigenvalue weighted by atomic mass is 9.80. The van der Waals surface area contributed by atoms with E-state index >= 15 is 4.39 Å². The quantitative estimate of drug-likeness (QED) is 0.211. The van der Waals surface area contributed by atoms with E-state index in [4.69, 9.17) is 32.0 Å². The monoisotopic (exact) mass is 701 g/mol. The van der Waals surface area contributed by atoms with Gasteiger partial charge in [-0.25, -0.2) is 8.78 Å². The van der Waals surface area contributed by atoms with Gasteiger partial charge in [0.2, 0.25) is 0 Å². The van der Waals surface area contributed by atoms with Crippen LogP contribution >= 0.6 is 22.9 Å². The van der Waals surface area contributed by atoms with E-state index in [0.29, 0.717) is 57.6 Å². The molecule has 2 bridgehead atoms. The number of nitrogen functional groups attached to an aromatic ring is 1. The summed E-state index contributed by atoms with van der Waals surface area (Å²) in [5.74, 6) is 0.622. The fourth-order valence-corrected chi connectivity index (χ4v) is 11.1. The molecule has 5 fully saturated rings. The van der Waals surface area contributed by atoms with Crippen LogP contribution in [0.25, 0.3) is 32.1 Å². The summed E-state index contributed by atoms with van der Waals surface area (Å²) in [7, 11) is 0. The molecule has 12 heteroatoms. The summed E-state index contributed by atoms with van der Waals surface area (Å²) in [6.45, 7) is 3.27. The number of ether oxygens (including phenoxy) is 1. The zero-order valence-electron chi connectivity index (χ0n) is 27.2. The van der Waals surface area contributed by atoms with Gasteiger partial charge in [0.25, 0.3) is 0 Å². The number of hydrogen-bond acceptors (Lipinski definition) is 9. The van der Waals surface area contributed by atoms with Crippen LogP contribution in [0.5, 0.6) is 6.01 Å². The molecule has 9 rings (SSSR count). The molecule has 0 unspecified atom stereocenters. The second-order valence-corrected chi connectivity index (χ2v) is 16.3. The van der Waals surface area contributed by atoms with Crippen molar-refractivity contribution in [2.75, 3.05) is 43.4 Å². The third-order valence-corrected chi connectivity index (χ3v) is 13.3. The number of anilines is 2. The number of nitrogens with one attached hydrogen (secondary N) is 1. The van der Waals surface area contributed by atoms with Crippen LogP contribution in [0.4, 0.5) is 19.6 Å². The van der Waals surface area contributed by atoms with E-state index in [1.807, 2.05) is 12.1 Å². The molecule has 3 N–H and O–H groups in total. The van der Waals surface area contributed by atoms with Crippen LogP contribution in [-0.4, -0.2) is 64.8 Å². The minimum absolute atomic E-state index is 0.00945. The third-order valence-electron chi connectivity index (χ3n) is 12.1.